The molecular formula is C13H19F3N2O2. The lowest BCUT2D eigenvalue weighted by Gasteiger charge is -2.26. The second-order valence-corrected chi connectivity index (χ2v) is 4.24. The Morgan fingerprint density at radius 3 is 2.05 bits per heavy atom. The van der Waals surface area contributed by atoms with Crippen molar-refractivity contribution < 1.29 is 22.6 Å². The summed E-state index contributed by atoms with van der Waals surface area (Å²) in [5, 5.41) is 0. The number of nitrogens with two attached hydrogens (primary N) is 1. The van der Waals surface area contributed by atoms with E-state index in [1.165, 1.54) is 6.07 Å². The normalized spacial score (nSPS) is 11.7. The van der Waals surface area contributed by atoms with Crippen LogP contribution in [0.5, 0.6) is 0 Å². The summed E-state index contributed by atoms with van der Waals surface area (Å²) in [5.74, 6) is 0. The summed E-state index contributed by atoms with van der Waals surface area (Å²) in [7, 11) is 3.12. The molecule has 4 nitrogen and oxygen atoms in total. The van der Waals surface area contributed by atoms with Crippen molar-refractivity contribution in [3.05, 3.63) is 23.8 Å². The number of anilines is 2. The number of hydrogen-bond donors (Lipinski definition) is 1. The molecule has 114 valence electrons. The minimum atomic E-state index is -4.39. The van der Waals surface area contributed by atoms with Gasteiger partial charge in [-0.25, -0.2) is 0 Å². The van der Waals surface area contributed by atoms with Crippen molar-refractivity contribution in [2.75, 3.05) is 51.2 Å². The number of rotatable bonds is 7. The number of ether oxygens (including phenoxy) is 2. The fourth-order valence-corrected chi connectivity index (χ4v) is 1.77. The van der Waals surface area contributed by atoms with E-state index in [0.29, 0.717) is 32.0 Å². The molecule has 20 heavy (non-hydrogen) atoms. The van der Waals surface area contributed by atoms with Gasteiger partial charge in [0.15, 0.2) is 0 Å². The van der Waals surface area contributed by atoms with E-state index in [1.54, 1.807) is 14.2 Å². The van der Waals surface area contributed by atoms with E-state index in [4.69, 9.17) is 15.2 Å². The standard InChI is InChI=1S/C13H19F3N2O2/c1-19-7-5-18(6-8-20-2)12-4-3-10(9-11(12)17)13(14,15)16/h3-4,9H,5-8,17H2,1-2H3. The van der Waals surface area contributed by atoms with Crippen LogP contribution >= 0.6 is 0 Å². The van der Waals surface area contributed by atoms with Crippen LogP contribution in [0, 0.1) is 0 Å². The Morgan fingerprint density at radius 2 is 1.65 bits per heavy atom. The van der Waals surface area contributed by atoms with Crippen LogP contribution in [0.15, 0.2) is 18.2 Å². The van der Waals surface area contributed by atoms with E-state index >= 15 is 0 Å². The molecule has 2 N–H and O–H groups in total. The second kappa shape index (κ2) is 7.35. The highest BCUT2D eigenvalue weighted by Crippen LogP contribution is 2.34. The minimum absolute atomic E-state index is 0.0898. The molecule has 1 aromatic carbocycles. The molecule has 0 aliphatic heterocycles. The molecule has 0 atom stereocenters. The van der Waals surface area contributed by atoms with Gasteiger partial charge in [-0.1, -0.05) is 0 Å². The quantitative estimate of drug-likeness (QED) is 0.784. The molecule has 0 spiro atoms. The zero-order valence-electron chi connectivity index (χ0n) is 11.5. The third-order valence-corrected chi connectivity index (χ3v) is 2.83. The van der Waals surface area contributed by atoms with Crippen LogP contribution in [-0.4, -0.2) is 40.5 Å². The Balaban J connectivity index is 2.95. The third-order valence-electron chi connectivity index (χ3n) is 2.83. The number of halogens is 3. The van der Waals surface area contributed by atoms with Crippen LogP contribution in [0.2, 0.25) is 0 Å². The summed E-state index contributed by atoms with van der Waals surface area (Å²) in [4.78, 5) is 1.84. The number of alkyl halides is 3. The predicted octanol–water partition coefficient (Wildman–Crippen LogP) is 2.39. The van der Waals surface area contributed by atoms with Gasteiger partial charge in [0, 0.05) is 27.3 Å². The first-order chi connectivity index (χ1) is 9.40. The molecule has 0 aromatic heterocycles. The fourth-order valence-electron chi connectivity index (χ4n) is 1.77. The van der Waals surface area contributed by atoms with E-state index in [-0.39, 0.29) is 5.69 Å². The summed E-state index contributed by atoms with van der Waals surface area (Å²) in [5.41, 5.74) is 5.62. The largest absolute Gasteiger partial charge is 0.416 e. The van der Waals surface area contributed by atoms with Crippen molar-refractivity contribution in [1.29, 1.82) is 0 Å². The van der Waals surface area contributed by atoms with Crippen LogP contribution in [-0.2, 0) is 15.7 Å². The lowest BCUT2D eigenvalue weighted by atomic mass is 10.1. The molecule has 0 saturated carbocycles. The SMILES string of the molecule is COCCN(CCOC)c1ccc(C(F)(F)F)cc1N. The molecule has 1 aromatic rings. The summed E-state index contributed by atoms with van der Waals surface area (Å²) in [6.45, 7) is 1.94. The molecule has 7 heteroatoms. The molecule has 0 aliphatic carbocycles. The molecule has 0 amide bonds. The second-order valence-electron chi connectivity index (χ2n) is 4.24. The lowest BCUT2D eigenvalue weighted by Crippen LogP contribution is -2.31. The Kier molecular flexibility index (Phi) is 6.09. The maximum absolute atomic E-state index is 12.6. The van der Waals surface area contributed by atoms with Crippen LogP contribution in [0.25, 0.3) is 0 Å². The van der Waals surface area contributed by atoms with Crippen LogP contribution in [0.1, 0.15) is 5.56 Å². The maximum atomic E-state index is 12.6. The number of benzene rings is 1. The van der Waals surface area contributed by atoms with Gasteiger partial charge in [0.1, 0.15) is 0 Å². The number of methoxy groups -OCH3 is 2. The summed E-state index contributed by atoms with van der Waals surface area (Å²) in [6.07, 6.45) is -4.39. The molecule has 1 rings (SSSR count). The molecule has 0 heterocycles. The smallest absolute Gasteiger partial charge is 0.397 e. The van der Waals surface area contributed by atoms with Crippen LogP contribution < -0.4 is 10.6 Å². The molecular weight excluding hydrogens is 273 g/mol. The van der Waals surface area contributed by atoms with Crippen LogP contribution in [0.4, 0.5) is 24.5 Å². The maximum Gasteiger partial charge on any atom is 0.416 e. The van der Waals surface area contributed by atoms with E-state index in [0.717, 1.165) is 12.1 Å². The lowest BCUT2D eigenvalue weighted by molar-refractivity contribution is -0.137. The average Bonchev–Trinajstić information content (AvgIpc) is 2.38. The van der Waals surface area contributed by atoms with Gasteiger partial charge in [-0.15, -0.1) is 0 Å². The average molecular weight is 292 g/mol. The number of hydrogen-bond acceptors (Lipinski definition) is 4. The van der Waals surface area contributed by atoms with Gasteiger partial charge >= 0.3 is 6.18 Å². The first-order valence-corrected chi connectivity index (χ1v) is 6.09. The zero-order valence-corrected chi connectivity index (χ0v) is 11.5. The summed E-state index contributed by atoms with van der Waals surface area (Å²) < 4.78 is 47.8. The van der Waals surface area contributed by atoms with Crippen molar-refractivity contribution in [3.8, 4) is 0 Å². The Hall–Kier alpha value is -1.47. The van der Waals surface area contributed by atoms with Crippen molar-refractivity contribution in [2.45, 2.75) is 6.18 Å². The van der Waals surface area contributed by atoms with Crippen molar-refractivity contribution >= 4 is 11.4 Å². The highest BCUT2D eigenvalue weighted by Gasteiger charge is 2.31. The molecule has 0 saturated heterocycles. The van der Waals surface area contributed by atoms with Gasteiger partial charge in [-0.05, 0) is 18.2 Å². The van der Waals surface area contributed by atoms with E-state index < -0.39 is 11.7 Å². The van der Waals surface area contributed by atoms with Crippen molar-refractivity contribution in [3.63, 3.8) is 0 Å². The Bertz CT molecular complexity index is 417. The topological polar surface area (TPSA) is 47.7 Å². The fraction of sp³-hybridized carbons (Fsp3) is 0.538. The highest BCUT2D eigenvalue weighted by molar-refractivity contribution is 5.68. The van der Waals surface area contributed by atoms with Crippen LogP contribution in [0.3, 0.4) is 0 Å². The highest BCUT2D eigenvalue weighted by atomic mass is 19.4. The van der Waals surface area contributed by atoms with Gasteiger partial charge in [0.2, 0.25) is 0 Å². The van der Waals surface area contributed by atoms with Crippen molar-refractivity contribution in [1.82, 2.24) is 0 Å². The molecule has 0 fully saturated rings. The zero-order chi connectivity index (χ0) is 15.2. The molecule has 0 radical (unpaired) electrons. The van der Waals surface area contributed by atoms with Gasteiger partial charge in [-0.2, -0.15) is 13.2 Å². The Morgan fingerprint density at radius 1 is 1.10 bits per heavy atom. The monoisotopic (exact) mass is 292 g/mol. The van der Waals surface area contributed by atoms with E-state index in [9.17, 15) is 13.2 Å². The van der Waals surface area contributed by atoms with Gasteiger partial charge in [0.25, 0.3) is 0 Å². The van der Waals surface area contributed by atoms with Crippen molar-refractivity contribution in [2.24, 2.45) is 0 Å². The number of nitrogen functional groups attached to an aromatic ring is 1. The molecule has 0 bridgehead atoms. The minimum Gasteiger partial charge on any atom is -0.397 e. The molecule has 0 unspecified atom stereocenters. The van der Waals surface area contributed by atoms with Gasteiger partial charge < -0.3 is 20.1 Å². The Labute approximate surface area is 116 Å². The summed E-state index contributed by atoms with van der Waals surface area (Å²) in [6, 6.07) is 3.35. The number of nitrogens with zero attached hydrogens (tertiary/aromatic N) is 1. The predicted molar refractivity (Wildman–Crippen MR) is 71.8 cm³/mol. The first-order valence-electron chi connectivity index (χ1n) is 6.09. The van der Waals surface area contributed by atoms with E-state index in [1.807, 2.05) is 4.90 Å². The third kappa shape index (κ3) is 4.57. The van der Waals surface area contributed by atoms with Gasteiger partial charge in [0.05, 0.1) is 30.2 Å². The molecule has 0 aliphatic rings. The van der Waals surface area contributed by atoms with Gasteiger partial charge in [-0.3, -0.25) is 0 Å². The van der Waals surface area contributed by atoms with E-state index in [2.05, 4.69) is 0 Å². The first kappa shape index (κ1) is 16.6. The summed E-state index contributed by atoms with van der Waals surface area (Å²) >= 11 is 0.